The minimum atomic E-state index is -0.131. The summed E-state index contributed by atoms with van der Waals surface area (Å²) in [5, 5.41) is 10.5. The number of benzene rings is 1. The Kier molecular flexibility index (Phi) is 4.75. The number of nitrogens with one attached hydrogen (secondary N) is 2. The van der Waals surface area contributed by atoms with Crippen LogP contribution < -0.4 is 10.6 Å². The molecule has 2 aromatic rings. The van der Waals surface area contributed by atoms with E-state index in [2.05, 4.69) is 22.7 Å². The summed E-state index contributed by atoms with van der Waals surface area (Å²) in [6.45, 7) is 6.59. The number of hydrogen-bond acceptors (Lipinski definition) is 3. The van der Waals surface area contributed by atoms with Crippen LogP contribution in [0.5, 0.6) is 0 Å². The number of aromatic nitrogens is 2. The van der Waals surface area contributed by atoms with Gasteiger partial charge in [-0.25, -0.2) is 0 Å². The van der Waals surface area contributed by atoms with E-state index in [1.165, 1.54) is 0 Å². The molecule has 112 valence electrons. The molecule has 0 spiro atoms. The van der Waals surface area contributed by atoms with Crippen LogP contribution >= 0.6 is 0 Å². The fourth-order valence-corrected chi connectivity index (χ4v) is 2.30. The van der Waals surface area contributed by atoms with E-state index in [1.54, 1.807) is 4.68 Å². The van der Waals surface area contributed by atoms with Crippen molar-refractivity contribution in [3.63, 3.8) is 0 Å². The molecular formula is C16H22N4O. The fourth-order valence-electron chi connectivity index (χ4n) is 2.30. The van der Waals surface area contributed by atoms with Crippen molar-refractivity contribution in [3.8, 4) is 0 Å². The predicted molar refractivity (Wildman–Crippen MR) is 84.5 cm³/mol. The lowest BCUT2D eigenvalue weighted by Gasteiger charge is -2.16. The number of para-hydroxylation sites is 1. The van der Waals surface area contributed by atoms with E-state index in [4.69, 9.17) is 0 Å². The maximum Gasteiger partial charge on any atom is 0.273 e. The number of aryl methyl sites for hydroxylation is 2. The highest BCUT2D eigenvalue weighted by atomic mass is 16.2. The maximum absolute atomic E-state index is 12.5. The fraction of sp³-hybridized carbons (Fsp3) is 0.375. The molecule has 0 aliphatic heterocycles. The third-order valence-corrected chi connectivity index (χ3v) is 3.54. The van der Waals surface area contributed by atoms with E-state index < -0.39 is 0 Å². The van der Waals surface area contributed by atoms with Gasteiger partial charge in [-0.2, -0.15) is 5.10 Å². The van der Waals surface area contributed by atoms with E-state index in [0.29, 0.717) is 12.2 Å². The Labute approximate surface area is 125 Å². The van der Waals surface area contributed by atoms with E-state index in [1.807, 2.05) is 51.2 Å². The molecule has 0 fully saturated rings. The van der Waals surface area contributed by atoms with E-state index in [9.17, 15) is 4.79 Å². The number of hydrogen-bond donors (Lipinski definition) is 2. The lowest BCUT2D eigenvalue weighted by Crippen LogP contribution is -2.20. The summed E-state index contributed by atoms with van der Waals surface area (Å²) < 4.78 is 1.72. The van der Waals surface area contributed by atoms with Gasteiger partial charge >= 0.3 is 0 Å². The van der Waals surface area contributed by atoms with Crippen LogP contribution in [0.25, 0.3) is 0 Å². The van der Waals surface area contributed by atoms with Crippen LogP contribution in [0.1, 0.15) is 41.6 Å². The van der Waals surface area contributed by atoms with Gasteiger partial charge in [0.05, 0.1) is 5.69 Å². The first-order valence-corrected chi connectivity index (χ1v) is 7.18. The molecule has 1 unspecified atom stereocenters. The van der Waals surface area contributed by atoms with Crippen molar-refractivity contribution in [2.75, 3.05) is 12.4 Å². The lowest BCUT2D eigenvalue weighted by atomic mass is 10.1. The minimum Gasteiger partial charge on any atom is -0.320 e. The Balaban J connectivity index is 2.27. The zero-order valence-corrected chi connectivity index (χ0v) is 13.0. The predicted octanol–water partition coefficient (Wildman–Crippen LogP) is 2.74. The quantitative estimate of drug-likeness (QED) is 0.888. The van der Waals surface area contributed by atoms with Crippen LogP contribution in [-0.2, 0) is 6.54 Å². The maximum atomic E-state index is 12.5. The molecule has 5 heteroatoms. The Morgan fingerprint density at radius 3 is 2.76 bits per heavy atom. The summed E-state index contributed by atoms with van der Waals surface area (Å²) in [7, 11) is 1.90. The second kappa shape index (κ2) is 6.54. The summed E-state index contributed by atoms with van der Waals surface area (Å²) in [6.07, 6.45) is 0. The standard InChI is InChI=1S/C16H22N4O/c1-5-20-15(10-11(2)19-20)16(21)18-14-9-7-6-8-13(14)12(3)17-4/h6-10,12,17H,5H2,1-4H3,(H,18,21). The van der Waals surface area contributed by atoms with Crippen LogP contribution in [0.15, 0.2) is 30.3 Å². The molecule has 21 heavy (non-hydrogen) atoms. The van der Waals surface area contributed by atoms with Gasteiger partial charge in [-0.3, -0.25) is 9.48 Å². The first-order chi connectivity index (χ1) is 10.1. The van der Waals surface area contributed by atoms with Crippen LogP contribution in [0.2, 0.25) is 0 Å². The highest BCUT2D eigenvalue weighted by Gasteiger charge is 2.16. The van der Waals surface area contributed by atoms with E-state index in [0.717, 1.165) is 16.9 Å². The van der Waals surface area contributed by atoms with Crippen molar-refractivity contribution in [1.29, 1.82) is 0 Å². The third kappa shape index (κ3) is 3.31. The van der Waals surface area contributed by atoms with Crippen LogP contribution in [0, 0.1) is 6.92 Å². The van der Waals surface area contributed by atoms with Crippen molar-refractivity contribution < 1.29 is 4.79 Å². The van der Waals surface area contributed by atoms with Crippen molar-refractivity contribution in [2.24, 2.45) is 0 Å². The van der Waals surface area contributed by atoms with Crippen molar-refractivity contribution in [1.82, 2.24) is 15.1 Å². The van der Waals surface area contributed by atoms with Gasteiger partial charge in [0.1, 0.15) is 5.69 Å². The number of nitrogens with zero attached hydrogens (tertiary/aromatic N) is 2. The molecule has 0 radical (unpaired) electrons. The molecule has 1 aromatic carbocycles. The smallest absolute Gasteiger partial charge is 0.273 e. The topological polar surface area (TPSA) is 59.0 Å². The molecule has 2 rings (SSSR count). The zero-order valence-electron chi connectivity index (χ0n) is 13.0. The molecular weight excluding hydrogens is 264 g/mol. The van der Waals surface area contributed by atoms with Crippen molar-refractivity contribution in [3.05, 3.63) is 47.3 Å². The normalized spacial score (nSPS) is 12.2. The van der Waals surface area contributed by atoms with Gasteiger partial charge in [-0.1, -0.05) is 18.2 Å². The average molecular weight is 286 g/mol. The minimum absolute atomic E-state index is 0.131. The number of anilines is 1. The van der Waals surface area contributed by atoms with Gasteiger partial charge in [0.25, 0.3) is 5.91 Å². The van der Waals surface area contributed by atoms with Gasteiger partial charge in [-0.15, -0.1) is 0 Å². The first-order valence-electron chi connectivity index (χ1n) is 7.18. The van der Waals surface area contributed by atoms with Crippen LogP contribution in [0.3, 0.4) is 0 Å². The van der Waals surface area contributed by atoms with Gasteiger partial charge in [0, 0.05) is 18.3 Å². The Morgan fingerprint density at radius 2 is 2.10 bits per heavy atom. The highest BCUT2D eigenvalue weighted by molar-refractivity contribution is 6.03. The molecule has 0 saturated carbocycles. The summed E-state index contributed by atoms with van der Waals surface area (Å²) in [5.74, 6) is -0.131. The summed E-state index contributed by atoms with van der Waals surface area (Å²) in [4.78, 5) is 12.5. The zero-order chi connectivity index (χ0) is 15.4. The Hall–Kier alpha value is -2.14. The SMILES string of the molecule is CCn1nc(C)cc1C(=O)Nc1ccccc1C(C)NC. The largest absolute Gasteiger partial charge is 0.320 e. The van der Waals surface area contributed by atoms with Gasteiger partial charge < -0.3 is 10.6 Å². The van der Waals surface area contributed by atoms with E-state index in [-0.39, 0.29) is 11.9 Å². The average Bonchev–Trinajstić information content (AvgIpc) is 2.88. The molecule has 2 N–H and O–H groups in total. The van der Waals surface area contributed by atoms with Crippen molar-refractivity contribution in [2.45, 2.75) is 33.4 Å². The molecule has 0 aliphatic carbocycles. The molecule has 0 bridgehead atoms. The summed E-state index contributed by atoms with van der Waals surface area (Å²) >= 11 is 0. The summed E-state index contributed by atoms with van der Waals surface area (Å²) in [6, 6.07) is 9.80. The van der Waals surface area contributed by atoms with Gasteiger partial charge in [0.15, 0.2) is 0 Å². The first kappa shape index (κ1) is 15.3. The molecule has 0 aliphatic rings. The highest BCUT2D eigenvalue weighted by Crippen LogP contribution is 2.22. The number of carbonyl (C=O) groups excluding carboxylic acids is 1. The number of amides is 1. The van der Waals surface area contributed by atoms with Crippen molar-refractivity contribution >= 4 is 11.6 Å². The van der Waals surface area contributed by atoms with Crippen LogP contribution in [-0.4, -0.2) is 22.7 Å². The number of rotatable bonds is 5. The van der Waals surface area contributed by atoms with E-state index >= 15 is 0 Å². The molecule has 1 aromatic heterocycles. The third-order valence-electron chi connectivity index (χ3n) is 3.54. The molecule has 5 nitrogen and oxygen atoms in total. The van der Waals surface area contributed by atoms with Gasteiger partial charge in [0.2, 0.25) is 0 Å². The molecule has 1 heterocycles. The van der Waals surface area contributed by atoms with Gasteiger partial charge in [-0.05, 0) is 45.5 Å². The second-order valence-electron chi connectivity index (χ2n) is 5.04. The van der Waals surface area contributed by atoms with Crippen LogP contribution in [0.4, 0.5) is 5.69 Å². The Bertz CT molecular complexity index is 633. The monoisotopic (exact) mass is 286 g/mol. The lowest BCUT2D eigenvalue weighted by molar-refractivity contribution is 0.101. The molecule has 0 saturated heterocycles. The molecule has 1 atom stereocenters. The summed E-state index contributed by atoms with van der Waals surface area (Å²) in [5.41, 5.74) is 3.32. The Morgan fingerprint density at radius 1 is 1.38 bits per heavy atom. The second-order valence-corrected chi connectivity index (χ2v) is 5.04. The molecule has 1 amide bonds. The number of carbonyl (C=O) groups is 1.